The number of amides is 1. The first-order valence-corrected chi connectivity index (χ1v) is 4.66. The third-order valence-corrected chi connectivity index (χ3v) is 1.86. The van der Waals surface area contributed by atoms with Gasteiger partial charge in [0.2, 0.25) is 5.91 Å². The van der Waals surface area contributed by atoms with E-state index in [-0.39, 0.29) is 12.5 Å². The van der Waals surface area contributed by atoms with Gasteiger partial charge in [0.1, 0.15) is 0 Å². The van der Waals surface area contributed by atoms with E-state index < -0.39 is 11.9 Å². The maximum atomic E-state index is 11.3. The molecule has 0 aliphatic carbocycles. The molecule has 0 aliphatic rings. The standard InChI is InChI=1S/C10H17NO3/c1-4-5-7(2)9(12)11-6-8(3)10(13)14/h5,8H,4,6H2,1-3H3,(H,11,12)(H,13,14). The van der Waals surface area contributed by atoms with Gasteiger partial charge in [-0.2, -0.15) is 0 Å². The number of hydrogen-bond acceptors (Lipinski definition) is 2. The second-order valence-electron chi connectivity index (χ2n) is 3.24. The molecule has 0 aliphatic heterocycles. The number of carbonyl (C=O) groups is 2. The second kappa shape index (κ2) is 6.18. The van der Waals surface area contributed by atoms with Crippen LogP contribution in [0.1, 0.15) is 27.2 Å². The van der Waals surface area contributed by atoms with Gasteiger partial charge in [0.15, 0.2) is 0 Å². The van der Waals surface area contributed by atoms with Crippen LogP contribution in [-0.4, -0.2) is 23.5 Å². The minimum Gasteiger partial charge on any atom is -0.481 e. The summed E-state index contributed by atoms with van der Waals surface area (Å²) in [7, 11) is 0. The third-order valence-electron chi connectivity index (χ3n) is 1.86. The number of allylic oxidation sites excluding steroid dienone is 1. The molecule has 1 atom stereocenters. The van der Waals surface area contributed by atoms with Crippen LogP contribution in [0.4, 0.5) is 0 Å². The average Bonchev–Trinajstić information content (AvgIpc) is 2.13. The number of rotatable bonds is 5. The summed E-state index contributed by atoms with van der Waals surface area (Å²) in [5.74, 6) is -1.64. The van der Waals surface area contributed by atoms with E-state index in [9.17, 15) is 9.59 Å². The van der Waals surface area contributed by atoms with E-state index in [1.807, 2.05) is 6.92 Å². The van der Waals surface area contributed by atoms with Crippen molar-refractivity contribution in [2.75, 3.05) is 6.54 Å². The first-order valence-electron chi connectivity index (χ1n) is 4.66. The summed E-state index contributed by atoms with van der Waals surface area (Å²) in [4.78, 5) is 21.7. The van der Waals surface area contributed by atoms with Crippen molar-refractivity contribution < 1.29 is 14.7 Å². The highest BCUT2D eigenvalue weighted by molar-refractivity contribution is 5.92. The fourth-order valence-electron chi connectivity index (χ4n) is 0.871. The van der Waals surface area contributed by atoms with Crippen molar-refractivity contribution in [2.45, 2.75) is 27.2 Å². The fraction of sp³-hybridized carbons (Fsp3) is 0.600. The molecule has 14 heavy (non-hydrogen) atoms. The summed E-state index contributed by atoms with van der Waals surface area (Å²) in [5, 5.41) is 11.1. The molecule has 0 saturated heterocycles. The monoisotopic (exact) mass is 199 g/mol. The van der Waals surface area contributed by atoms with Crippen LogP contribution >= 0.6 is 0 Å². The molecule has 0 spiro atoms. The van der Waals surface area contributed by atoms with E-state index in [1.54, 1.807) is 19.9 Å². The Morgan fingerprint density at radius 1 is 1.50 bits per heavy atom. The maximum Gasteiger partial charge on any atom is 0.308 e. The summed E-state index contributed by atoms with van der Waals surface area (Å²) in [6, 6.07) is 0. The van der Waals surface area contributed by atoms with Gasteiger partial charge in [-0.3, -0.25) is 9.59 Å². The molecule has 4 nitrogen and oxygen atoms in total. The van der Waals surface area contributed by atoms with E-state index in [2.05, 4.69) is 5.32 Å². The Balaban J connectivity index is 3.97. The molecule has 0 heterocycles. The quantitative estimate of drug-likeness (QED) is 0.653. The summed E-state index contributed by atoms with van der Waals surface area (Å²) < 4.78 is 0. The molecule has 1 unspecified atom stereocenters. The van der Waals surface area contributed by atoms with Crippen LogP contribution in [0.15, 0.2) is 11.6 Å². The number of carboxylic acid groups (broad SMARTS) is 1. The molecule has 0 bridgehead atoms. The Kier molecular flexibility index (Phi) is 5.60. The molecule has 0 aromatic rings. The van der Waals surface area contributed by atoms with Crippen molar-refractivity contribution in [3.8, 4) is 0 Å². The van der Waals surface area contributed by atoms with Gasteiger partial charge in [-0.05, 0) is 13.3 Å². The normalized spacial score (nSPS) is 13.5. The van der Waals surface area contributed by atoms with Crippen LogP contribution < -0.4 is 5.32 Å². The molecule has 4 heteroatoms. The molecule has 80 valence electrons. The van der Waals surface area contributed by atoms with E-state index >= 15 is 0 Å². The van der Waals surface area contributed by atoms with Gasteiger partial charge >= 0.3 is 5.97 Å². The zero-order valence-corrected chi connectivity index (χ0v) is 8.83. The summed E-state index contributed by atoms with van der Waals surface area (Å²) in [6.45, 7) is 5.38. The molecule has 1 amide bonds. The van der Waals surface area contributed by atoms with Crippen LogP contribution in [0.2, 0.25) is 0 Å². The first kappa shape index (κ1) is 12.7. The van der Waals surface area contributed by atoms with Gasteiger partial charge in [-0.25, -0.2) is 0 Å². The Morgan fingerprint density at radius 2 is 2.07 bits per heavy atom. The van der Waals surface area contributed by atoms with Crippen molar-refractivity contribution in [1.82, 2.24) is 5.32 Å². The SMILES string of the molecule is CCC=C(C)C(=O)NCC(C)C(=O)O. The fourth-order valence-corrected chi connectivity index (χ4v) is 0.871. The number of aliphatic carboxylic acids is 1. The second-order valence-corrected chi connectivity index (χ2v) is 3.24. The largest absolute Gasteiger partial charge is 0.481 e. The van der Waals surface area contributed by atoms with Gasteiger partial charge in [-0.1, -0.05) is 19.9 Å². The summed E-state index contributed by atoms with van der Waals surface area (Å²) >= 11 is 0. The highest BCUT2D eigenvalue weighted by atomic mass is 16.4. The zero-order valence-electron chi connectivity index (χ0n) is 8.83. The lowest BCUT2D eigenvalue weighted by Crippen LogP contribution is -2.31. The molecule has 0 saturated carbocycles. The third kappa shape index (κ3) is 4.64. The number of carboxylic acids is 1. The predicted molar refractivity (Wildman–Crippen MR) is 53.9 cm³/mol. The highest BCUT2D eigenvalue weighted by Gasteiger charge is 2.12. The van der Waals surface area contributed by atoms with E-state index in [0.29, 0.717) is 5.57 Å². The molecule has 2 N–H and O–H groups in total. The number of carbonyl (C=O) groups excluding carboxylic acids is 1. The van der Waals surface area contributed by atoms with Crippen molar-refractivity contribution in [2.24, 2.45) is 5.92 Å². The lowest BCUT2D eigenvalue weighted by molar-refractivity contribution is -0.141. The van der Waals surface area contributed by atoms with Crippen LogP contribution in [0, 0.1) is 5.92 Å². The molecule has 0 radical (unpaired) electrons. The summed E-state index contributed by atoms with van der Waals surface area (Å²) in [6.07, 6.45) is 2.61. The molecule has 0 aromatic heterocycles. The van der Waals surface area contributed by atoms with Gasteiger partial charge in [0.05, 0.1) is 5.92 Å². The average molecular weight is 199 g/mol. The lowest BCUT2D eigenvalue weighted by Gasteiger charge is -2.08. The van der Waals surface area contributed by atoms with E-state index in [0.717, 1.165) is 6.42 Å². The Hall–Kier alpha value is -1.32. The number of nitrogens with one attached hydrogen (secondary N) is 1. The van der Waals surface area contributed by atoms with Crippen LogP contribution in [-0.2, 0) is 9.59 Å². The van der Waals surface area contributed by atoms with Gasteiger partial charge in [-0.15, -0.1) is 0 Å². The highest BCUT2D eigenvalue weighted by Crippen LogP contribution is 1.97. The van der Waals surface area contributed by atoms with Crippen LogP contribution in [0.5, 0.6) is 0 Å². The first-order chi connectivity index (χ1) is 6.49. The Bertz CT molecular complexity index is 246. The van der Waals surface area contributed by atoms with E-state index in [4.69, 9.17) is 5.11 Å². The smallest absolute Gasteiger partial charge is 0.308 e. The van der Waals surface area contributed by atoms with Crippen molar-refractivity contribution >= 4 is 11.9 Å². The minimum absolute atomic E-state index is 0.170. The lowest BCUT2D eigenvalue weighted by atomic mass is 10.1. The zero-order chi connectivity index (χ0) is 11.1. The van der Waals surface area contributed by atoms with Gasteiger partial charge < -0.3 is 10.4 Å². The molecular weight excluding hydrogens is 182 g/mol. The molecule has 0 fully saturated rings. The van der Waals surface area contributed by atoms with Crippen LogP contribution in [0.25, 0.3) is 0 Å². The Labute approximate surface area is 84.0 Å². The van der Waals surface area contributed by atoms with Gasteiger partial charge in [0, 0.05) is 12.1 Å². The van der Waals surface area contributed by atoms with E-state index in [1.165, 1.54) is 0 Å². The van der Waals surface area contributed by atoms with Gasteiger partial charge in [0.25, 0.3) is 0 Å². The topological polar surface area (TPSA) is 66.4 Å². The summed E-state index contributed by atoms with van der Waals surface area (Å²) in [5.41, 5.74) is 0.630. The maximum absolute atomic E-state index is 11.3. The Morgan fingerprint density at radius 3 is 2.50 bits per heavy atom. The minimum atomic E-state index is -0.901. The van der Waals surface area contributed by atoms with Crippen molar-refractivity contribution in [1.29, 1.82) is 0 Å². The molecule has 0 aromatic carbocycles. The van der Waals surface area contributed by atoms with Crippen molar-refractivity contribution in [3.63, 3.8) is 0 Å². The van der Waals surface area contributed by atoms with Crippen LogP contribution in [0.3, 0.4) is 0 Å². The molecule has 0 rings (SSSR count). The van der Waals surface area contributed by atoms with Crippen molar-refractivity contribution in [3.05, 3.63) is 11.6 Å². The molecular formula is C10H17NO3. The predicted octanol–water partition coefficient (Wildman–Crippen LogP) is 1.18. The number of hydrogen-bond donors (Lipinski definition) is 2.